The third-order valence-corrected chi connectivity index (χ3v) is 4.33. The van der Waals surface area contributed by atoms with E-state index in [0.717, 1.165) is 37.6 Å². The molecule has 9 heteroatoms. The van der Waals surface area contributed by atoms with Crippen LogP contribution in [0.2, 0.25) is 0 Å². The number of hydrogen-bond donors (Lipinski definition) is 2. The highest BCUT2D eigenvalue weighted by atomic mass is 19.1. The molecule has 3 aromatic rings. The van der Waals surface area contributed by atoms with E-state index in [1.807, 2.05) is 6.20 Å². The Labute approximate surface area is 155 Å². The summed E-state index contributed by atoms with van der Waals surface area (Å²) < 4.78 is 22.6. The van der Waals surface area contributed by atoms with Crippen molar-refractivity contribution in [3.05, 3.63) is 47.9 Å². The van der Waals surface area contributed by atoms with Crippen LogP contribution < -0.4 is 10.1 Å². The number of nitrogens with one attached hydrogen (secondary N) is 1. The Morgan fingerprint density at radius 2 is 2.19 bits per heavy atom. The van der Waals surface area contributed by atoms with E-state index in [2.05, 4.69) is 20.0 Å². The van der Waals surface area contributed by atoms with Gasteiger partial charge in [0.05, 0.1) is 13.2 Å². The molecule has 2 N–H and O–H groups in total. The van der Waals surface area contributed by atoms with Gasteiger partial charge in [-0.2, -0.15) is 5.10 Å². The van der Waals surface area contributed by atoms with E-state index in [4.69, 9.17) is 9.72 Å². The molecular formula is C18H21FN6O2. The molecule has 0 atom stereocenters. The smallest absolute Gasteiger partial charge is 0.188 e. The Balaban J connectivity index is 1.57. The van der Waals surface area contributed by atoms with Crippen molar-refractivity contribution in [3.63, 3.8) is 0 Å². The molecule has 2 aromatic heterocycles. The highest BCUT2D eigenvalue weighted by molar-refractivity contribution is 5.49. The third kappa shape index (κ3) is 3.99. The fourth-order valence-electron chi connectivity index (χ4n) is 3.07. The summed E-state index contributed by atoms with van der Waals surface area (Å²) in [5.74, 6) is 2.10. The van der Waals surface area contributed by atoms with Gasteiger partial charge in [-0.25, -0.2) is 19.0 Å². The third-order valence-electron chi connectivity index (χ3n) is 4.33. The van der Waals surface area contributed by atoms with E-state index in [1.54, 1.807) is 16.8 Å². The molecule has 0 unspecified atom stereocenters. The average Bonchev–Trinajstić information content (AvgIpc) is 3.18. The van der Waals surface area contributed by atoms with Gasteiger partial charge in [-0.3, -0.25) is 0 Å². The topological polar surface area (TPSA) is 90.0 Å². The second-order valence-corrected chi connectivity index (χ2v) is 6.28. The van der Waals surface area contributed by atoms with Gasteiger partial charge < -0.3 is 19.7 Å². The van der Waals surface area contributed by atoms with Crippen molar-refractivity contribution in [2.45, 2.75) is 26.1 Å². The highest BCUT2D eigenvalue weighted by Gasteiger charge is 2.18. The Hall–Kier alpha value is -2.78. The van der Waals surface area contributed by atoms with Gasteiger partial charge in [0.15, 0.2) is 11.6 Å². The second-order valence-electron chi connectivity index (χ2n) is 6.28. The lowest BCUT2D eigenvalue weighted by molar-refractivity contribution is 0.266. The van der Waals surface area contributed by atoms with E-state index in [-0.39, 0.29) is 19.0 Å². The number of hydrogen-bond acceptors (Lipinski definition) is 6. The van der Waals surface area contributed by atoms with Gasteiger partial charge in [0, 0.05) is 38.3 Å². The second kappa shape index (κ2) is 7.85. The van der Waals surface area contributed by atoms with Crippen molar-refractivity contribution < 1.29 is 14.2 Å². The van der Waals surface area contributed by atoms with Crippen LogP contribution in [0.1, 0.15) is 11.6 Å². The maximum Gasteiger partial charge on any atom is 0.188 e. The molecule has 8 nitrogen and oxygen atoms in total. The van der Waals surface area contributed by atoms with Gasteiger partial charge in [-0.05, 0) is 12.1 Å². The minimum absolute atomic E-state index is 0.0575. The number of benzene rings is 1. The molecule has 0 fully saturated rings. The zero-order valence-electron chi connectivity index (χ0n) is 14.8. The maximum atomic E-state index is 13.3. The molecule has 0 amide bonds. The van der Waals surface area contributed by atoms with Crippen molar-refractivity contribution in [3.8, 4) is 17.3 Å². The molecule has 1 aliphatic rings. The van der Waals surface area contributed by atoms with E-state index in [1.165, 1.54) is 12.1 Å². The standard InChI is InChI=1S/C18H21FN6O2/c19-13-2-1-3-14(10-13)27-12-16-22-18(25(23-16)8-9-26)15-11-24-7-6-20-5-4-17(24)21-15/h1-3,10-11,20,26H,4-9,12H2. The molecule has 0 saturated carbocycles. The first-order valence-corrected chi connectivity index (χ1v) is 8.93. The molecule has 4 rings (SSSR count). The van der Waals surface area contributed by atoms with E-state index < -0.39 is 0 Å². The van der Waals surface area contributed by atoms with Crippen LogP contribution in [0.25, 0.3) is 11.5 Å². The molecular weight excluding hydrogens is 351 g/mol. The van der Waals surface area contributed by atoms with Gasteiger partial charge in [0.2, 0.25) is 0 Å². The predicted octanol–water partition coefficient (Wildman–Crippen LogP) is 0.998. The van der Waals surface area contributed by atoms with Crippen molar-refractivity contribution in [1.82, 2.24) is 29.6 Å². The van der Waals surface area contributed by atoms with E-state index in [9.17, 15) is 9.50 Å². The number of aliphatic hydroxyl groups is 1. The molecule has 0 spiro atoms. The Bertz CT molecular complexity index is 899. The van der Waals surface area contributed by atoms with Crippen LogP contribution in [0.5, 0.6) is 5.75 Å². The quantitative estimate of drug-likeness (QED) is 0.671. The van der Waals surface area contributed by atoms with E-state index in [0.29, 0.717) is 23.9 Å². The molecule has 0 aliphatic carbocycles. The van der Waals surface area contributed by atoms with Gasteiger partial charge in [-0.15, -0.1) is 0 Å². The first-order chi connectivity index (χ1) is 13.2. The fraction of sp³-hybridized carbons (Fsp3) is 0.389. The Morgan fingerprint density at radius 3 is 3.04 bits per heavy atom. The van der Waals surface area contributed by atoms with Gasteiger partial charge in [0.25, 0.3) is 0 Å². The summed E-state index contributed by atoms with van der Waals surface area (Å²) in [6.07, 6.45) is 2.82. The van der Waals surface area contributed by atoms with Crippen LogP contribution >= 0.6 is 0 Å². The normalized spacial score (nSPS) is 14.0. The van der Waals surface area contributed by atoms with Gasteiger partial charge in [-0.1, -0.05) is 6.07 Å². The zero-order valence-corrected chi connectivity index (χ0v) is 14.8. The minimum atomic E-state index is -0.360. The monoisotopic (exact) mass is 372 g/mol. The van der Waals surface area contributed by atoms with Crippen LogP contribution in [0.4, 0.5) is 4.39 Å². The lowest BCUT2D eigenvalue weighted by atomic mass is 10.3. The van der Waals surface area contributed by atoms with E-state index >= 15 is 0 Å². The predicted molar refractivity (Wildman–Crippen MR) is 95.6 cm³/mol. The highest BCUT2D eigenvalue weighted by Crippen LogP contribution is 2.19. The van der Waals surface area contributed by atoms with Crippen molar-refractivity contribution in [1.29, 1.82) is 0 Å². The summed E-state index contributed by atoms with van der Waals surface area (Å²) in [5, 5.41) is 17.1. The lowest BCUT2D eigenvalue weighted by Crippen LogP contribution is -2.17. The fourth-order valence-corrected chi connectivity index (χ4v) is 3.07. The zero-order chi connectivity index (χ0) is 18.6. The van der Waals surface area contributed by atoms with Crippen LogP contribution in [-0.4, -0.2) is 49.1 Å². The van der Waals surface area contributed by atoms with Crippen LogP contribution in [0.15, 0.2) is 30.5 Å². The summed E-state index contributed by atoms with van der Waals surface area (Å²) in [4.78, 5) is 9.23. The van der Waals surface area contributed by atoms with Crippen molar-refractivity contribution in [2.24, 2.45) is 0 Å². The van der Waals surface area contributed by atoms with Gasteiger partial charge in [0.1, 0.15) is 29.7 Å². The summed E-state index contributed by atoms with van der Waals surface area (Å²) >= 11 is 0. The summed E-state index contributed by atoms with van der Waals surface area (Å²) in [6.45, 7) is 3.01. The number of aromatic nitrogens is 5. The number of nitrogens with zero attached hydrogens (tertiary/aromatic N) is 5. The number of fused-ring (bicyclic) bond motifs is 1. The molecule has 1 aromatic carbocycles. The van der Waals surface area contributed by atoms with Crippen LogP contribution in [0.3, 0.4) is 0 Å². The molecule has 142 valence electrons. The molecule has 1 aliphatic heterocycles. The molecule has 3 heterocycles. The van der Waals surface area contributed by atoms with Crippen molar-refractivity contribution in [2.75, 3.05) is 19.7 Å². The average molecular weight is 372 g/mol. The minimum Gasteiger partial charge on any atom is -0.485 e. The number of aliphatic hydroxyl groups excluding tert-OH is 1. The Morgan fingerprint density at radius 1 is 1.26 bits per heavy atom. The summed E-state index contributed by atoms with van der Waals surface area (Å²) in [6, 6.07) is 5.93. The number of rotatable bonds is 6. The van der Waals surface area contributed by atoms with Crippen molar-refractivity contribution >= 4 is 0 Å². The maximum absolute atomic E-state index is 13.3. The largest absolute Gasteiger partial charge is 0.485 e. The number of ether oxygens (including phenoxy) is 1. The molecule has 0 bridgehead atoms. The SMILES string of the molecule is OCCn1nc(COc2cccc(F)c2)nc1-c1cn2c(n1)CCNCC2. The first-order valence-electron chi connectivity index (χ1n) is 8.93. The molecule has 0 radical (unpaired) electrons. The summed E-state index contributed by atoms with van der Waals surface area (Å²) in [7, 11) is 0. The Kier molecular flexibility index (Phi) is 5.12. The molecule has 0 saturated heterocycles. The first kappa shape index (κ1) is 17.6. The van der Waals surface area contributed by atoms with Gasteiger partial charge >= 0.3 is 0 Å². The number of imidazole rings is 1. The lowest BCUT2D eigenvalue weighted by Gasteiger charge is -2.02. The van der Waals surface area contributed by atoms with Crippen LogP contribution in [-0.2, 0) is 26.1 Å². The molecule has 27 heavy (non-hydrogen) atoms. The number of halogens is 1. The summed E-state index contributed by atoms with van der Waals surface area (Å²) in [5.41, 5.74) is 0.727. The van der Waals surface area contributed by atoms with Crippen LogP contribution in [0, 0.1) is 5.82 Å².